The molecule has 1 aromatic carbocycles. The first-order chi connectivity index (χ1) is 9.54. The Kier molecular flexibility index (Phi) is 3.84. The van der Waals surface area contributed by atoms with E-state index in [0.29, 0.717) is 6.54 Å². The smallest absolute Gasteiger partial charge is 0.347 e. The third kappa shape index (κ3) is 2.54. The van der Waals surface area contributed by atoms with Crippen LogP contribution in [-0.4, -0.2) is 40.9 Å². The number of amides is 1. The van der Waals surface area contributed by atoms with Crippen molar-refractivity contribution in [1.29, 1.82) is 0 Å². The zero-order valence-electron chi connectivity index (χ0n) is 10.8. The molecule has 20 heavy (non-hydrogen) atoms. The highest BCUT2D eigenvalue weighted by Crippen LogP contribution is 2.18. The number of likely N-dealkylation sites (N-methyl/N-ethyl adjacent to an activating group) is 1. The molecular weight excluding hydrogens is 262 g/mol. The average molecular weight is 275 g/mol. The number of hydrogen-bond acceptors (Lipinski definition) is 5. The number of aliphatic hydroxyl groups is 1. The van der Waals surface area contributed by atoms with Crippen molar-refractivity contribution >= 4 is 17.8 Å². The van der Waals surface area contributed by atoms with Crippen LogP contribution < -0.4 is 0 Å². The van der Waals surface area contributed by atoms with Crippen molar-refractivity contribution in [3.05, 3.63) is 47.2 Å². The number of hydrogen-bond donors (Lipinski definition) is 1. The SMILES string of the molecule is CCN1CC(C(=O)OC(=O)c2ccccc2)=C(O)C1=O. The van der Waals surface area contributed by atoms with Gasteiger partial charge in [-0.15, -0.1) is 0 Å². The van der Waals surface area contributed by atoms with Gasteiger partial charge in [-0.2, -0.15) is 0 Å². The zero-order valence-corrected chi connectivity index (χ0v) is 10.8. The minimum Gasteiger partial charge on any atom is -0.503 e. The third-order valence-corrected chi connectivity index (χ3v) is 2.95. The van der Waals surface area contributed by atoms with E-state index >= 15 is 0 Å². The second kappa shape index (κ2) is 5.56. The Morgan fingerprint density at radius 3 is 2.45 bits per heavy atom. The van der Waals surface area contributed by atoms with Gasteiger partial charge in [0.15, 0.2) is 5.76 Å². The zero-order chi connectivity index (χ0) is 14.7. The number of ether oxygens (including phenoxy) is 1. The summed E-state index contributed by atoms with van der Waals surface area (Å²) in [5, 5.41) is 9.59. The third-order valence-electron chi connectivity index (χ3n) is 2.95. The molecule has 104 valence electrons. The van der Waals surface area contributed by atoms with E-state index in [4.69, 9.17) is 0 Å². The Bertz CT molecular complexity index is 591. The van der Waals surface area contributed by atoms with E-state index < -0.39 is 23.6 Å². The topological polar surface area (TPSA) is 83.9 Å². The molecule has 1 amide bonds. The molecule has 1 N–H and O–H groups in total. The molecule has 0 fully saturated rings. The lowest BCUT2D eigenvalue weighted by atomic mass is 10.2. The van der Waals surface area contributed by atoms with Crippen LogP contribution >= 0.6 is 0 Å². The summed E-state index contributed by atoms with van der Waals surface area (Å²) in [5.74, 6) is -3.11. The van der Waals surface area contributed by atoms with Crippen molar-refractivity contribution in [2.24, 2.45) is 0 Å². The van der Waals surface area contributed by atoms with Crippen molar-refractivity contribution in [3.63, 3.8) is 0 Å². The molecule has 0 aliphatic carbocycles. The van der Waals surface area contributed by atoms with Gasteiger partial charge in [-0.25, -0.2) is 9.59 Å². The normalized spacial score (nSPS) is 14.7. The number of benzene rings is 1. The molecule has 0 saturated carbocycles. The summed E-state index contributed by atoms with van der Waals surface area (Å²) in [6, 6.07) is 8.00. The van der Waals surface area contributed by atoms with Gasteiger partial charge >= 0.3 is 11.9 Å². The quantitative estimate of drug-likeness (QED) is 0.658. The lowest BCUT2D eigenvalue weighted by Crippen LogP contribution is -2.27. The Morgan fingerprint density at radius 1 is 1.25 bits per heavy atom. The van der Waals surface area contributed by atoms with Gasteiger partial charge in [0.05, 0.1) is 12.1 Å². The molecule has 0 unspecified atom stereocenters. The van der Waals surface area contributed by atoms with E-state index in [9.17, 15) is 19.5 Å². The highest BCUT2D eigenvalue weighted by Gasteiger charge is 2.34. The van der Waals surface area contributed by atoms with Crippen LogP contribution in [0.25, 0.3) is 0 Å². The molecule has 6 nitrogen and oxygen atoms in total. The number of nitrogens with zero attached hydrogens (tertiary/aromatic N) is 1. The Balaban J connectivity index is 2.10. The number of carbonyl (C=O) groups is 3. The molecule has 1 heterocycles. The number of aliphatic hydroxyl groups excluding tert-OH is 1. The van der Waals surface area contributed by atoms with Crippen molar-refractivity contribution in [1.82, 2.24) is 4.90 Å². The summed E-state index contributed by atoms with van der Waals surface area (Å²) in [5.41, 5.74) is 0.0266. The monoisotopic (exact) mass is 275 g/mol. The van der Waals surface area contributed by atoms with E-state index in [1.807, 2.05) is 0 Å². The maximum absolute atomic E-state index is 11.8. The minimum absolute atomic E-state index is 0.0535. The summed E-state index contributed by atoms with van der Waals surface area (Å²) >= 11 is 0. The number of rotatable bonds is 3. The van der Waals surface area contributed by atoms with Crippen LogP contribution in [0.15, 0.2) is 41.7 Å². The van der Waals surface area contributed by atoms with E-state index in [2.05, 4.69) is 4.74 Å². The number of carbonyl (C=O) groups excluding carboxylic acids is 3. The van der Waals surface area contributed by atoms with Gasteiger partial charge in [-0.1, -0.05) is 18.2 Å². The van der Waals surface area contributed by atoms with Crippen LogP contribution in [0.5, 0.6) is 0 Å². The Morgan fingerprint density at radius 2 is 1.90 bits per heavy atom. The maximum Gasteiger partial charge on any atom is 0.347 e. The molecule has 0 radical (unpaired) electrons. The molecule has 1 aliphatic rings. The van der Waals surface area contributed by atoms with Crippen LogP contribution in [0, 0.1) is 0 Å². The summed E-state index contributed by atoms with van der Waals surface area (Å²) < 4.78 is 4.66. The van der Waals surface area contributed by atoms with Gasteiger partial charge in [0.25, 0.3) is 5.91 Å². The molecule has 0 spiro atoms. The molecule has 0 aromatic heterocycles. The Hall–Kier alpha value is -2.63. The molecule has 0 bridgehead atoms. The first-order valence-corrected chi connectivity index (χ1v) is 6.07. The first kappa shape index (κ1) is 13.8. The number of esters is 2. The highest BCUT2D eigenvalue weighted by atomic mass is 16.6. The van der Waals surface area contributed by atoms with Crippen LogP contribution in [0.3, 0.4) is 0 Å². The lowest BCUT2D eigenvalue weighted by molar-refractivity contribution is -0.134. The largest absolute Gasteiger partial charge is 0.503 e. The first-order valence-electron chi connectivity index (χ1n) is 6.07. The van der Waals surface area contributed by atoms with Crippen LogP contribution in [0.2, 0.25) is 0 Å². The molecular formula is C14H13NO5. The molecule has 0 saturated heterocycles. The second-order valence-electron chi connectivity index (χ2n) is 4.19. The molecule has 1 aromatic rings. The van der Waals surface area contributed by atoms with Crippen molar-refractivity contribution in [2.45, 2.75) is 6.92 Å². The van der Waals surface area contributed by atoms with Crippen molar-refractivity contribution in [3.8, 4) is 0 Å². The van der Waals surface area contributed by atoms with Crippen molar-refractivity contribution < 1.29 is 24.2 Å². The standard InChI is InChI=1S/C14H13NO5/c1-2-15-8-10(11(16)12(15)17)14(19)20-13(18)9-6-4-3-5-7-9/h3-7,16H,2,8H2,1H3. The fraction of sp³-hybridized carbons (Fsp3) is 0.214. The predicted octanol–water partition coefficient (Wildman–Crippen LogP) is 1.04. The summed E-state index contributed by atoms with van der Waals surface area (Å²) in [6.45, 7) is 2.02. The Labute approximate surface area is 115 Å². The van der Waals surface area contributed by atoms with E-state index in [-0.39, 0.29) is 17.7 Å². The van der Waals surface area contributed by atoms with E-state index in [1.54, 1.807) is 25.1 Å². The summed E-state index contributed by atoms with van der Waals surface area (Å²) in [7, 11) is 0. The van der Waals surface area contributed by atoms with Crippen molar-refractivity contribution in [2.75, 3.05) is 13.1 Å². The lowest BCUT2D eigenvalue weighted by Gasteiger charge is -2.11. The minimum atomic E-state index is -0.999. The predicted molar refractivity (Wildman–Crippen MR) is 68.8 cm³/mol. The summed E-state index contributed by atoms with van der Waals surface area (Å²) in [6.07, 6.45) is 0. The van der Waals surface area contributed by atoms with E-state index in [0.717, 1.165) is 0 Å². The molecule has 6 heteroatoms. The average Bonchev–Trinajstić information content (AvgIpc) is 2.76. The van der Waals surface area contributed by atoms with Crippen LogP contribution in [-0.2, 0) is 14.3 Å². The second-order valence-corrected chi connectivity index (χ2v) is 4.19. The van der Waals surface area contributed by atoms with Crippen LogP contribution in [0.1, 0.15) is 17.3 Å². The van der Waals surface area contributed by atoms with Gasteiger partial charge in [-0.3, -0.25) is 4.79 Å². The fourth-order valence-electron chi connectivity index (χ4n) is 1.81. The van der Waals surface area contributed by atoms with Crippen LogP contribution in [0.4, 0.5) is 0 Å². The molecule has 1 aliphatic heterocycles. The van der Waals surface area contributed by atoms with Gasteiger partial charge in [0.1, 0.15) is 5.57 Å². The fourth-order valence-corrected chi connectivity index (χ4v) is 1.81. The van der Waals surface area contributed by atoms with Gasteiger partial charge in [0.2, 0.25) is 0 Å². The van der Waals surface area contributed by atoms with Gasteiger partial charge < -0.3 is 14.7 Å². The summed E-state index contributed by atoms with van der Waals surface area (Å²) in [4.78, 5) is 36.3. The molecule has 0 atom stereocenters. The van der Waals surface area contributed by atoms with E-state index in [1.165, 1.54) is 17.0 Å². The maximum atomic E-state index is 11.8. The molecule has 2 rings (SSSR count). The van der Waals surface area contributed by atoms with Gasteiger partial charge in [0, 0.05) is 6.54 Å². The van der Waals surface area contributed by atoms with Gasteiger partial charge in [-0.05, 0) is 19.1 Å². The highest BCUT2D eigenvalue weighted by molar-refractivity contribution is 6.09.